The van der Waals surface area contributed by atoms with E-state index in [-0.39, 0.29) is 18.5 Å². The summed E-state index contributed by atoms with van der Waals surface area (Å²) in [6.07, 6.45) is 34.9. The number of rotatable bonds is 38. The highest BCUT2D eigenvalue weighted by Crippen LogP contribution is 2.22. The van der Waals surface area contributed by atoms with Gasteiger partial charge < -0.3 is 45.1 Å². The number of esters is 1. The number of aliphatic hydroxyl groups is 5. The van der Waals surface area contributed by atoms with E-state index in [9.17, 15) is 35.1 Å². The van der Waals surface area contributed by atoms with Gasteiger partial charge >= 0.3 is 5.97 Å². The van der Waals surface area contributed by atoms with Gasteiger partial charge in [-0.05, 0) is 89.9 Å². The molecule has 7 atom stereocenters. The molecule has 1 aliphatic rings. The summed E-state index contributed by atoms with van der Waals surface area (Å²) in [6, 6.07) is -0.847. The number of unbranched alkanes of at least 4 members (excludes halogenated alkanes) is 18. The van der Waals surface area contributed by atoms with Crippen molar-refractivity contribution in [3.63, 3.8) is 0 Å². The maximum Gasteiger partial charge on any atom is 0.305 e. The van der Waals surface area contributed by atoms with Crippen molar-refractivity contribution >= 4 is 11.9 Å². The Bertz CT molecular complexity index is 1130. The van der Waals surface area contributed by atoms with Crippen LogP contribution in [0.5, 0.6) is 0 Å². The number of aliphatic hydroxyl groups excluding tert-OH is 5. The highest BCUT2D eigenvalue weighted by molar-refractivity contribution is 5.76. The Kier molecular flexibility index (Phi) is 35.7. The van der Waals surface area contributed by atoms with E-state index in [1.54, 1.807) is 6.08 Å². The zero-order chi connectivity index (χ0) is 43.2. The van der Waals surface area contributed by atoms with Gasteiger partial charge in [0.05, 0.1) is 32.0 Å². The van der Waals surface area contributed by atoms with Crippen LogP contribution in [0.15, 0.2) is 48.6 Å². The molecule has 342 valence electrons. The zero-order valence-corrected chi connectivity index (χ0v) is 36.9. The quantitative estimate of drug-likeness (QED) is 0.0201. The fourth-order valence-corrected chi connectivity index (χ4v) is 6.77. The van der Waals surface area contributed by atoms with Crippen LogP contribution in [-0.2, 0) is 23.8 Å². The second kappa shape index (κ2) is 38.5. The van der Waals surface area contributed by atoms with E-state index in [0.29, 0.717) is 25.9 Å². The van der Waals surface area contributed by atoms with Gasteiger partial charge in [-0.3, -0.25) is 9.59 Å². The van der Waals surface area contributed by atoms with Gasteiger partial charge in [0, 0.05) is 12.8 Å². The standard InChI is InChI=1S/C48H85NO10/c1-3-5-7-9-11-13-15-20-24-28-32-36-44(53)57-37-33-29-25-21-17-14-16-19-23-27-31-35-43(52)49-40(41(51)34-30-26-22-18-12-10-8-6-4-2)39-58-48-47(56)46(55)45(54)42(38-50)59-48/h9,11-12,17-18,21,30,34,40-42,45-48,50-51,54-56H,3-8,10,13-16,19-20,22-29,31-33,35-39H2,1-2H3,(H,49,52)/b11-9-,18-12+,21-17-,34-30+. The fraction of sp³-hybridized carbons (Fsp3) is 0.792. The smallest absolute Gasteiger partial charge is 0.305 e. The minimum atomic E-state index is -1.59. The van der Waals surface area contributed by atoms with Gasteiger partial charge in [0.1, 0.15) is 24.4 Å². The van der Waals surface area contributed by atoms with Gasteiger partial charge in [-0.2, -0.15) is 0 Å². The molecule has 0 bridgehead atoms. The van der Waals surface area contributed by atoms with Crippen LogP contribution in [0.4, 0.5) is 0 Å². The first-order valence-electron chi connectivity index (χ1n) is 23.4. The number of amides is 1. The van der Waals surface area contributed by atoms with Gasteiger partial charge in [-0.1, -0.05) is 127 Å². The second-order valence-electron chi connectivity index (χ2n) is 16.1. The molecule has 1 saturated heterocycles. The lowest BCUT2D eigenvalue weighted by Crippen LogP contribution is -2.60. The number of carbonyl (C=O) groups excluding carboxylic acids is 2. The molecule has 1 amide bonds. The molecule has 0 aromatic carbocycles. The van der Waals surface area contributed by atoms with Crippen molar-refractivity contribution in [1.82, 2.24) is 5.32 Å². The highest BCUT2D eigenvalue weighted by atomic mass is 16.7. The molecule has 0 aromatic heterocycles. The first-order valence-corrected chi connectivity index (χ1v) is 23.4. The molecule has 59 heavy (non-hydrogen) atoms. The molecule has 11 heteroatoms. The number of hydrogen-bond acceptors (Lipinski definition) is 10. The predicted octanol–water partition coefficient (Wildman–Crippen LogP) is 8.60. The van der Waals surface area contributed by atoms with Crippen LogP contribution >= 0.6 is 0 Å². The van der Waals surface area contributed by atoms with Crippen LogP contribution in [0.25, 0.3) is 0 Å². The van der Waals surface area contributed by atoms with Crippen LogP contribution in [0.1, 0.15) is 181 Å². The Hall–Kier alpha value is -2.38. The van der Waals surface area contributed by atoms with Crippen molar-refractivity contribution in [2.75, 3.05) is 19.8 Å². The van der Waals surface area contributed by atoms with Crippen molar-refractivity contribution in [3.05, 3.63) is 48.6 Å². The van der Waals surface area contributed by atoms with Gasteiger partial charge in [0.25, 0.3) is 0 Å². The van der Waals surface area contributed by atoms with Crippen molar-refractivity contribution in [2.24, 2.45) is 0 Å². The molecule has 0 spiro atoms. The van der Waals surface area contributed by atoms with Crippen LogP contribution in [0.3, 0.4) is 0 Å². The molecule has 11 nitrogen and oxygen atoms in total. The third-order valence-corrected chi connectivity index (χ3v) is 10.6. The molecular formula is C48H85NO10. The molecule has 1 fully saturated rings. The largest absolute Gasteiger partial charge is 0.466 e. The summed E-state index contributed by atoms with van der Waals surface area (Å²) < 4.78 is 16.5. The Morgan fingerprint density at radius 1 is 0.610 bits per heavy atom. The summed E-state index contributed by atoms with van der Waals surface area (Å²) in [5.41, 5.74) is 0. The third kappa shape index (κ3) is 29.5. The molecule has 0 saturated carbocycles. The summed E-state index contributed by atoms with van der Waals surface area (Å²) in [7, 11) is 0. The molecule has 6 N–H and O–H groups in total. The molecule has 7 unspecified atom stereocenters. The zero-order valence-electron chi connectivity index (χ0n) is 36.9. The highest BCUT2D eigenvalue weighted by Gasteiger charge is 2.44. The molecule has 0 radical (unpaired) electrons. The van der Waals surface area contributed by atoms with Gasteiger partial charge in [-0.15, -0.1) is 0 Å². The van der Waals surface area contributed by atoms with E-state index < -0.39 is 49.5 Å². The predicted molar refractivity (Wildman–Crippen MR) is 237 cm³/mol. The van der Waals surface area contributed by atoms with Crippen LogP contribution < -0.4 is 5.32 Å². The third-order valence-electron chi connectivity index (χ3n) is 10.6. The van der Waals surface area contributed by atoms with E-state index >= 15 is 0 Å². The van der Waals surface area contributed by atoms with Gasteiger partial charge in [-0.25, -0.2) is 0 Å². The van der Waals surface area contributed by atoms with Crippen molar-refractivity contribution in [1.29, 1.82) is 0 Å². The number of hydrogen-bond donors (Lipinski definition) is 6. The Morgan fingerprint density at radius 3 is 1.73 bits per heavy atom. The molecular weight excluding hydrogens is 751 g/mol. The number of carbonyl (C=O) groups is 2. The van der Waals surface area contributed by atoms with E-state index in [2.05, 4.69) is 55.6 Å². The SMILES string of the molecule is CCCC/C=C\CCCCCCCC(=O)OCCCC/C=C\CCCCCCCC(=O)NC(COC1OC(CO)C(O)C(O)C1O)C(O)/C=C/CC/C=C/CCCCC. The maximum atomic E-state index is 12.9. The second-order valence-corrected chi connectivity index (χ2v) is 16.1. The van der Waals surface area contributed by atoms with E-state index in [1.807, 2.05) is 6.08 Å². The van der Waals surface area contributed by atoms with Crippen LogP contribution in [-0.4, -0.2) is 100 Å². The van der Waals surface area contributed by atoms with Crippen molar-refractivity contribution in [2.45, 2.75) is 224 Å². The summed E-state index contributed by atoms with van der Waals surface area (Å²) in [5.74, 6) is -0.298. The van der Waals surface area contributed by atoms with E-state index in [0.717, 1.165) is 83.5 Å². The van der Waals surface area contributed by atoms with Crippen LogP contribution in [0.2, 0.25) is 0 Å². The fourth-order valence-electron chi connectivity index (χ4n) is 6.77. The van der Waals surface area contributed by atoms with Crippen molar-refractivity contribution < 1.29 is 49.3 Å². The average molecular weight is 836 g/mol. The maximum absolute atomic E-state index is 12.9. The number of ether oxygens (including phenoxy) is 3. The Balaban J connectivity index is 2.24. The summed E-state index contributed by atoms with van der Waals surface area (Å²) in [6.45, 7) is 4.09. The lowest BCUT2D eigenvalue weighted by Gasteiger charge is -2.40. The Morgan fingerprint density at radius 2 is 1.12 bits per heavy atom. The van der Waals surface area contributed by atoms with E-state index in [4.69, 9.17) is 14.2 Å². The first kappa shape index (κ1) is 54.6. The molecule has 1 heterocycles. The van der Waals surface area contributed by atoms with E-state index in [1.165, 1.54) is 64.2 Å². The Labute approximate surface area is 357 Å². The lowest BCUT2D eigenvalue weighted by molar-refractivity contribution is -0.302. The number of allylic oxidation sites excluding steroid dienone is 7. The molecule has 1 aliphatic heterocycles. The normalized spacial score (nSPS) is 21.0. The summed E-state index contributed by atoms with van der Waals surface area (Å²) in [5, 5.41) is 53.9. The molecule has 0 aromatic rings. The monoisotopic (exact) mass is 836 g/mol. The molecule has 1 rings (SSSR count). The first-order chi connectivity index (χ1) is 28.7. The minimum Gasteiger partial charge on any atom is -0.466 e. The van der Waals surface area contributed by atoms with Crippen LogP contribution in [0, 0.1) is 0 Å². The van der Waals surface area contributed by atoms with Gasteiger partial charge in [0.15, 0.2) is 6.29 Å². The average Bonchev–Trinajstić information content (AvgIpc) is 3.23. The van der Waals surface area contributed by atoms with Gasteiger partial charge in [0.2, 0.25) is 5.91 Å². The lowest BCUT2D eigenvalue weighted by atomic mass is 9.99. The summed E-state index contributed by atoms with van der Waals surface area (Å²) >= 11 is 0. The van der Waals surface area contributed by atoms with Crippen molar-refractivity contribution in [3.8, 4) is 0 Å². The summed E-state index contributed by atoms with van der Waals surface area (Å²) in [4.78, 5) is 24.9. The molecule has 0 aliphatic carbocycles. The minimum absolute atomic E-state index is 0.0713. The number of nitrogens with one attached hydrogen (secondary N) is 1. The topological polar surface area (TPSA) is 175 Å².